The number of Topliss-reactive ketones (excluding diaryl/α,β-unsaturated/α-hetero) is 1. The number of para-hydroxylation sites is 1. The van der Waals surface area contributed by atoms with Crippen molar-refractivity contribution in [2.24, 2.45) is 5.92 Å². The Balaban J connectivity index is 1.61. The highest BCUT2D eigenvalue weighted by molar-refractivity contribution is 7.08. The highest BCUT2D eigenvalue weighted by atomic mass is 32.1. The highest BCUT2D eigenvalue weighted by Gasteiger charge is 2.48. The Morgan fingerprint density at radius 1 is 1.06 bits per heavy atom. The molecular weight excluding hydrogens is 410 g/mol. The fraction of sp³-hybridized carbons (Fsp3) is 0.200. The summed E-state index contributed by atoms with van der Waals surface area (Å²) in [6.45, 7) is 0. The molecule has 1 amide bonds. The van der Waals surface area contributed by atoms with Gasteiger partial charge in [-0.2, -0.15) is 11.3 Å². The molecule has 2 heterocycles. The number of ether oxygens (including phenoxy) is 1. The predicted octanol–water partition coefficient (Wildman–Crippen LogP) is 5.30. The van der Waals surface area contributed by atoms with E-state index in [-0.39, 0.29) is 17.3 Å². The number of aliphatic hydroxyl groups is 1. The number of amides is 1. The van der Waals surface area contributed by atoms with Crippen LogP contribution in [0.4, 0.5) is 5.69 Å². The number of ketones is 1. The van der Waals surface area contributed by atoms with Gasteiger partial charge in [0.15, 0.2) is 11.5 Å². The van der Waals surface area contributed by atoms with Crippen LogP contribution in [0.2, 0.25) is 0 Å². The van der Waals surface area contributed by atoms with Gasteiger partial charge in [-0.15, -0.1) is 0 Å². The van der Waals surface area contributed by atoms with Gasteiger partial charge >= 0.3 is 0 Å². The van der Waals surface area contributed by atoms with Crippen molar-refractivity contribution in [3.63, 3.8) is 0 Å². The average Bonchev–Trinajstić information content (AvgIpc) is 3.45. The van der Waals surface area contributed by atoms with Crippen LogP contribution in [0.5, 0.6) is 5.75 Å². The summed E-state index contributed by atoms with van der Waals surface area (Å²) in [6, 6.07) is 16.2. The van der Waals surface area contributed by atoms with Crippen molar-refractivity contribution in [2.45, 2.75) is 18.9 Å². The van der Waals surface area contributed by atoms with Gasteiger partial charge in [0.2, 0.25) is 0 Å². The van der Waals surface area contributed by atoms with E-state index >= 15 is 0 Å². The van der Waals surface area contributed by atoms with Crippen molar-refractivity contribution in [2.75, 3.05) is 12.0 Å². The highest BCUT2D eigenvalue weighted by Crippen LogP contribution is 2.47. The van der Waals surface area contributed by atoms with Gasteiger partial charge in [0.05, 0.1) is 18.7 Å². The van der Waals surface area contributed by atoms with Gasteiger partial charge in [-0.1, -0.05) is 30.3 Å². The number of rotatable bonds is 6. The first-order valence-electron chi connectivity index (χ1n) is 10.2. The number of carbonyl (C=O) groups excluding carboxylic acids is 2. The van der Waals surface area contributed by atoms with E-state index in [4.69, 9.17) is 4.74 Å². The van der Waals surface area contributed by atoms with Gasteiger partial charge in [0.1, 0.15) is 5.75 Å². The smallest absolute Gasteiger partial charge is 0.294 e. The minimum absolute atomic E-state index is 0.122. The first-order chi connectivity index (χ1) is 15.1. The quantitative estimate of drug-likeness (QED) is 0.575. The van der Waals surface area contributed by atoms with Gasteiger partial charge < -0.3 is 9.84 Å². The Morgan fingerprint density at radius 2 is 1.81 bits per heavy atom. The molecule has 0 saturated heterocycles. The molecule has 2 aromatic carbocycles. The summed E-state index contributed by atoms with van der Waals surface area (Å²) in [6.07, 6.45) is 1.58. The van der Waals surface area contributed by atoms with E-state index in [0.717, 1.165) is 24.0 Å². The number of methoxy groups -OCH3 is 1. The molecule has 31 heavy (non-hydrogen) atoms. The Labute approximate surface area is 184 Å². The molecule has 1 aromatic heterocycles. The molecule has 156 valence electrons. The molecule has 5 nitrogen and oxygen atoms in total. The lowest BCUT2D eigenvalue weighted by Gasteiger charge is -2.28. The van der Waals surface area contributed by atoms with Crippen LogP contribution in [0.15, 0.2) is 76.7 Å². The molecule has 0 radical (unpaired) electrons. The summed E-state index contributed by atoms with van der Waals surface area (Å²) < 4.78 is 5.53. The topological polar surface area (TPSA) is 66.8 Å². The van der Waals surface area contributed by atoms with Crippen molar-refractivity contribution < 1.29 is 19.4 Å². The molecule has 5 rings (SSSR count). The zero-order chi connectivity index (χ0) is 21.5. The van der Waals surface area contributed by atoms with Crippen LogP contribution in [-0.4, -0.2) is 23.9 Å². The fourth-order valence-electron chi connectivity index (χ4n) is 4.12. The monoisotopic (exact) mass is 431 g/mol. The number of hydrogen-bond donors (Lipinski definition) is 1. The van der Waals surface area contributed by atoms with E-state index in [0.29, 0.717) is 17.0 Å². The van der Waals surface area contributed by atoms with Crippen molar-refractivity contribution in [3.05, 3.63) is 82.3 Å². The molecule has 1 fully saturated rings. The number of benzene rings is 2. The standard InChI is InChI=1S/C25H21NO4S/c1-30-20-5-3-2-4-19(20)22-21(23(27)16-6-7-16)24(28)25(29)26(22)18-10-8-15(9-11-18)17-12-13-31-14-17/h2-5,8-14,16,22,28H,6-7H2,1H3. The van der Waals surface area contributed by atoms with Gasteiger partial charge in [0, 0.05) is 17.2 Å². The van der Waals surface area contributed by atoms with Crippen LogP contribution in [0.3, 0.4) is 0 Å². The molecule has 0 bridgehead atoms. The average molecular weight is 432 g/mol. The minimum Gasteiger partial charge on any atom is -0.503 e. The van der Waals surface area contributed by atoms with Crippen LogP contribution in [0.1, 0.15) is 24.4 Å². The lowest BCUT2D eigenvalue weighted by atomic mass is 9.93. The van der Waals surface area contributed by atoms with Crippen molar-refractivity contribution in [3.8, 4) is 16.9 Å². The second-order valence-electron chi connectivity index (χ2n) is 7.78. The largest absolute Gasteiger partial charge is 0.503 e. The third-order valence-electron chi connectivity index (χ3n) is 5.86. The molecule has 1 atom stereocenters. The maximum Gasteiger partial charge on any atom is 0.294 e. The summed E-state index contributed by atoms with van der Waals surface area (Å²) in [5.41, 5.74) is 3.60. The molecule has 1 saturated carbocycles. The van der Waals surface area contributed by atoms with Crippen LogP contribution >= 0.6 is 11.3 Å². The number of hydrogen-bond acceptors (Lipinski definition) is 5. The number of thiophene rings is 1. The van der Waals surface area contributed by atoms with Crippen LogP contribution in [-0.2, 0) is 9.59 Å². The Hall–Kier alpha value is -3.38. The lowest BCUT2D eigenvalue weighted by molar-refractivity contribution is -0.118. The van der Waals surface area contributed by atoms with Gasteiger partial charge in [0.25, 0.3) is 5.91 Å². The van der Waals surface area contributed by atoms with E-state index in [1.807, 2.05) is 53.9 Å². The maximum absolute atomic E-state index is 13.2. The number of aliphatic hydroxyl groups excluding tert-OH is 1. The molecular formula is C25H21NO4S. The molecule has 2 aliphatic rings. The Morgan fingerprint density at radius 3 is 2.45 bits per heavy atom. The molecule has 1 N–H and O–H groups in total. The molecule has 0 spiro atoms. The predicted molar refractivity (Wildman–Crippen MR) is 120 cm³/mol. The second-order valence-corrected chi connectivity index (χ2v) is 8.56. The SMILES string of the molecule is COc1ccccc1C1C(C(=O)C2CC2)=C(O)C(=O)N1c1ccc(-c2ccsc2)cc1. The van der Waals surface area contributed by atoms with Crippen molar-refractivity contribution in [1.29, 1.82) is 0 Å². The molecule has 6 heteroatoms. The molecule has 3 aromatic rings. The third kappa shape index (κ3) is 3.33. The molecule has 1 aliphatic heterocycles. The van der Waals surface area contributed by atoms with Crippen molar-refractivity contribution in [1.82, 2.24) is 0 Å². The van der Waals surface area contributed by atoms with E-state index in [9.17, 15) is 14.7 Å². The minimum atomic E-state index is -0.733. The van der Waals surface area contributed by atoms with Crippen LogP contribution < -0.4 is 9.64 Å². The number of anilines is 1. The molecule has 1 aliphatic carbocycles. The summed E-state index contributed by atoms with van der Waals surface area (Å²) in [5.74, 6) is -0.740. The maximum atomic E-state index is 13.2. The summed E-state index contributed by atoms with van der Waals surface area (Å²) in [4.78, 5) is 27.8. The zero-order valence-corrected chi connectivity index (χ0v) is 17.8. The summed E-state index contributed by atoms with van der Waals surface area (Å²) >= 11 is 1.62. The lowest BCUT2D eigenvalue weighted by Crippen LogP contribution is -2.31. The van der Waals surface area contributed by atoms with Gasteiger partial charge in [-0.05, 0) is 59.0 Å². The van der Waals surface area contributed by atoms with Crippen LogP contribution in [0, 0.1) is 5.92 Å². The van der Waals surface area contributed by atoms with E-state index < -0.39 is 17.7 Å². The van der Waals surface area contributed by atoms with Gasteiger partial charge in [-0.3, -0.25) is 14.5 Å². The zero-order valence-electron chi connectivity index (χ0n) is 16.9. The van der Waals surface area contributed by atoms with Gasteiger partial charge in [-0.25, -0.2) is 0 Å². The normalized spacial score (nSPS) is 18.5. The number of nitrogens with zero attached hydrogens (tertiary/aromatic N) is 1. The molecule has 1 unspecified atom stereocenters. The van der Waals surface area contributed by atoms with E-state index in [2.05, 4.69) is 5.38 Å². The number of carbonyl (C=O) groups is 2. The third-order valence-corrected chi connectivity index (χ3v) is 6.54. The van der Waals surface area contributed by atoms with E-state index in [1.165, 1.54) is 4.90 Å². The Kier molecular flexibility index (Phi) is 4.87. The second kappa shape index (κ2) is 7.71. The van der Waals surface area contributed by atoms with Crippen molar-refractivity contribution >= 4 is 28.7 Å². The van der Waals surface area contributed by atoms with E-state index in [1.54, 1.807) is 24.5 Å². The van der Waals surface area contributed by atoms with Crippen LogP contribution in [0.25, 0.3) is 11.1 Å². The first-order valence-corrected chi connectivity index (χ1v) is 11.1. The fourth-order valence-corrected chi connectivity index (χ4v) is 4.78. The first kappa shape index (κ1) is 19.6. The Bertz CT molecular complexity index is 1180. The summed E-state index contributed by atoms with van der Waals surface area (Å²) in [5, 5.41) is 14.8. The summed E-state index contributed by atoms with van der Waals surface area (Å²) in [7, 11) is 1.56.